The number of carbonyl (C=O) groups excluding carboxylic acids is 1. The molecule has 2 aromatic rings. The van der Waals surface area contributed by atoms with Gasteiger partial charge in [0.05, 0.1) is 10.6 Å². The normalized spacial score (nSPS) is 12.0. The van der Waals surface area contributed by atoms with Crippen LogP contribution in [0, 0.1) is 13.8 Å². The van der Waals surface area contributed by atoms with Crippen molar-refractivity contribution in [1.29, 1.82) is 0 Å². The predicted molar refractivity (Wildman–Crippen MR) is 83.3 cm³/mol. The Morgan fingerprint density at radius 3 is 2.35 bits per heavy atom. The Hall–Kier alpha value is -2.60. The lowest BCUT2D eigenvalue weighted by atomic mass is 10.3. The molecule has 0 fully saturated rings. The number of ether oxygens (including phenoxy) is 1. The molecule has 0 aliphatic rings. The van der Waals surface area contributed by atoms with Crippen molar-refractivity contribution < 1.29 is 31.1 Å². The molecule has 0 unspecified atom stereocenters. The molecule has 0 aliphatic heterocycles. The molecule has 8 nitrogen and oxygen atoms in total. The van der Waals surface area contributed by atoms with Gasteiger partial charge in [0.1, 0.15) is 12.3 Å². The highest BCUT2D eigenvalue weighted by Crippen LogP contribution is 2.23. The molecular formula is C14H15F3N4O4S. The Morgan fingerprint density at radius 2 is 1.85 bits per heavy atom. The first-order valence-electron chi connectivity index (χ1n) is 7.14. The van der Waals surface area contributed by atoms with E-state index in [4.69, 9.17) is 0 Å². The van der Waals surface area contributed by atoms with E-state index in [1.807, 2.05) is 10.3 Å². The van der Waals surface area contributed by atoms with E-state index in [1.165, 1.54) is 4.68 Å². The van der Waals surface area contributed by atoms with Crippen molar-refractivity contribution in [3.8, 4) is 5.75 Å². The van der Waals surface area contributed by atoms with Gasteiger partial charge >= 0.3 is 6.36 Å². The first-order chi connectivity index (χ1) is 12.0. The van der Waals surface area contributed by atoms with Gasteiger partial charge in [-0.1, -0.05) is 0 Å². The average Bonchev–Trinajstić information content (AvgIpc) is 2.82. The van der Waals surface area contributed by atoms with Gasteiger partial charge in [-0.15, -0.1) is 18.0 Å². The fraction of sp³-hybridized carbons (Fsp3) is 0.286. The van der Waals surface area contributed by atoms with Gasteiger partial charge in [0, 0.05) is 5.69 Å². The van der Waals surface area contributed by atoms with Crippen LogP contribution in [-0.4, -0.2) is 30.5 Å². The van der Waals surface area contributed by atoms with Gasteiger partial charge in [0.2, 0.25) is 0 Å². The highest BCUT2D eigenvalue weighted by atomic mass is 32.2. The van der Waals surface area contributed by atoms with Crippen LogP contribution in [0.2, 0.25) is 0 Å². The second-order valence-corrected chi connectivity index (χ2v) is 6.94. The van der Waals surface area contributed by atoms with E-state index in [1.54, 1.807) is 19.9 Å². The van der Waals surface area contributed by atoms with Crippen molar-refractivity contribution in [2.24, 2.45) is 0 Å². The maximum absolute atomic E-state index is 12.1. The van der Waals surface area contributed by atoms with Gasteiger partial charge in [-0.2, -0.15) is 5.10 Å². The number of hydrazine groups is 1. The molecule has 26 heavy (non-hydrogen) atoms. The third kappa shape index (κ3) is 5.46. The number of carbonyl (C=O) groups is 1. The van der Waals surface area contributed by atoms with Crippen molar-refractivity contribution in [3.63, 3.8) is 0 Å². The predicted octanol–water partition coefficient (Wildman–Crippen LogP) is 1.41. The van der Waals surface area contributed by atoms with Crippen LogP contribution < -0.4 is 15.0 Å². The summed E-state index contributed by atoms with van der Waals surface area (Å²) >= 11 is 0. The first-order valence-corrected chi connectivity index (χ1v) is 8.62. The van der Waals surface area contributed by atoms with Gasteiger partial charge in [0.25, 0.3) is 15.9 Å². The Kier molecular flexibility index (Phi) is 5.56. The number of hydrogen-bond donors (Lipinski definition) is 2. The number of benzene rings is 1. The van der Waals surface area contributed by atoms with Crippen LogP contribution in [0.5, 0.6) is 5.75 Å². The lowest BCUT2D eigenvalue weighted by Crippen LogP contribution is -2.43. The molecule has 2 N–H and O–H groups in total. The number of aromatic nitrogens is 2. The van der Waals surface area contributed by atoms with Crippen LogP contribution in [0.15, 0.2) is 35.2 Å². The van der Waals surface area contributed by atoms with Crippen LogP contribution in [0.4, 0.5) is 13.2 Å². The lowest BCUT2D eigenvalue weighted by Gasteiger charge is -2.11. The fourth-order valence-corrected chi connectivity index (χ4v) is 2.87. The third-order valence-electron chi connectivity index (χ3n) is 3.09. The molecule has 0 saturated carbocycles. The SMILES string of the molecule is Cc1cc(C)n(CC(=O)NNS(=O)(=O)c2ccc(OC(F)(F)F)cc2)n1. The van der Waals surface area contributed by atoms with E-state index in [0.29, 0.717) is 5.69 Å². The van der Waals surface area contributed by atoms with Crippen LogP contribution in [0.25, 0.3) is 0 Å². The molecule has 142 valence electrons. The summed E-state index contributed by atoms with van der Waals surface area (Å²) in [4.78, 5) is 13.3. The van der Waals surface area contributed by atoms with Gasteiger partial charge in [-0.25, -0.2) is 8.42 Å². The number of aryl methyl sites for hydroxylation is 2. The van der Waals surface area contributed by atoms with Gasteiger partial charge in [-0.05, 0) is 44.2 Å². The molecule has 0 spiro atoms. The van der Waals surface area contributed by atoms with Gasteiger partial charge in [0.15, 0.2) is 0 Å². The molecule has 1 aromatic heterocycles. The minimum absolute atomic E-state index is 0.208. The maximum Gasteiger partial charge on any atom is 0.573 e. The van der Waals surface area contributed by atoms with E-state index < -0.39 is 28.0 Å². The number of halogens is 3. The molecule has 2 rings (SSSR count). The molecule has 1 amide bonds. The van der Waals surface area contributed by atoms with Crippen LogP contribution in [-0.2, 0) is 21.4 Å². The second kappa shape index (κ2) is 7.33. The monoisotopic (exact) mass is 392 g/mol. The molecule has 0 radical (unpaired) electrons. The van der Waals surface area contributed by atoms with Crippen molar-refractivity contribution in [2.45, 2.75) is 31.7 Å². The standard InChI is InChI=1S/C14H15F3N4O4S/c1-9-7-10(2)21(19-9)8-13(22)18-20-26(23,24)12-5-3-11(4-6-12)25-14(15,16)17/h3-7,20H,8H2,1-2H3,(H,18,22). The quantitative estimate of drug-likeness (QED) is 0.724. The van der Waals surface area contributed by atoms with Gasteiger partial charge in [-0.3, -0.25) is 14.9 Å². The topological polar surface area (TPSA) is 102 Å². The largest absolute Gasteiger partial charge is 0.573 e. The average molecular weight is 392 g/mol. The van der Waals surface area contributed by atoms with E-state index >= 15 is 0 Å². The summed E-state index contributed by atoms with van der Waals surface area (Å²) in [7, 11) is -4.16. The summed E-state index contributed by atoms with van der Waals surface area (Å²) < 4.78 is 65.4. The summed E-state index contributed by atoms with van der Waals surface area (Å²) in [5.74, 6) is -1.23. The number of amides is 1. The number of nitrogens with zero attached hydrogens (tertiary/aromatic N) is 2. The van der Waals surface area contributed by atoms with Crippen LogP contribution >= 0.6 is 0 Å². The molecule has 0 atom stereocenters. The summed E-state index contributed by atoms with van der Waals surface area (Å²) in [5.41, 5.74) is 3.44. The molecule has 12 heteroatoms. The van der Waals surface area contributed by atoms with Crippen LogP contribution in [0.1, 0.15) is 11.4 Å². The molecule has 0 bridgehead atoms. The highest BCUT2D eigenvalue weighted by Gasteiger charge is 2.31. The molecule has 1 aromatic carbocycles. The zero-order valence-electron chi connectivity index (χ0n) is 13.7. The number of rotatable bonds is 6. The summed E-state index contributed by atoms with van der Waals surface area (Å²) in [6, 6.07) is 5.27. The Balaban J connectivity index is 1.97. The van der Waals surface area contributed by atoms with E-state index in [0.717, 1.165) is 30.0 Å². The highest BCUT2D eigenvalue weighted by molar-refractivity contribution is 7.89. The molecule has 0 aliphatic carbocycles. The van der Waals surface area contributed by atoms with E-state index in [9.17, 15) is 26.4 Å². The zero-order valence-corrected chi connectivity index (χ0v) is 14.5. The number of nitrogens with one attached hydrogen (secondary N) is 2. The Bertz CT molecular complexity index is 892. The van der Waals surface area contributed by atoms with E-state index in [-0.39, 0.29) is 11.4 Å². The first kappa shape index (κ1) is 19.7. The Labute approximate surface area is 147 Å². The number of sulfonamides is 1. The number of alkyl halides is 3. The third-order valence-corrected chi connectivity index (χ3v) is 4.35. The summed E-state index contributed by atoms with van der Waals surface area (Å²) in [5, 5.41) is 4.06. The van der Waals surface area contributed by atoms with Crippen molar-refractivity contribution >= 4 is 15.9 Å². The van der Waals surface area contributed by atoms with Crippen molar-refractivity contribution in [3.05, 3.63) is 41.7 Å². The van der Waals surface area contributed by atoms with E-state index in [2.05, 4.69) is 9.84 Å². The molecular weight excluding hydrogens is 377 g/mol. The van der Waals surface area contributed by atoms with Crippen molar-refractivity contribution in [2.75, 3.05) is 0 Å². The lowest BCUT2D eigenvalue weighted by molar-refractivity contribution is -0.274. The maximum atomic E-state index is 12.1. The van der Waals surface area contributed by atoms with Gasteiger partial charge < -0.3 is 4.74 Å². The summed E-state index contributed by atoms with van der Waals surface area (Å²) in [6.07, 6.45) is -4.88. The fourth-order valence-electron chi connectivity index (χ4n) is 2.01. The minimum atomic E-state index is -4.88. The Morgan fingerprint density at radius 1 is 1.23 bits per heavy atom. The second-order valence-electron chi connectivity index (χ2n) is 5.26. The van der Waals surface area contributed by atoms with Crippen molar-refractivity contribution in [1.82, 2.24) is 20.0 Å². The van der Waals surface area contributed by atoms with Crippen LogP contribution in [0.3, 0.4) is 0 Å². The molecule has 0 saturated heterocycles. The summed E-state index contributed by atoms with van der Waals surface area (Å²) in [6.45, 7) is 3.28. The minimum Gasteiger partial charge on any atom is -0.406 e. The number of hydrogen-bond acceptors (Lipinski definition) is 5. The smallest absolute Gasteiger partial charge is 0.406 e. The zero-order chi connectivity index (χ0) is 19.5. The molecule has 1 heterocycles.